The predicted octanol–water partition coefficient (Wildman–Crippen LogP) is 4.36. The molecular formula is C17H19BrN2. The van der Waals surface area contributed by atoms with Gasteiger partial charge in [-0.05, 0) is 54.3 Å². The van der Waals surface area contributed by atoms with Crippen molar-refractivity contribution in [2.24, 2.45) is 0 Å². The molecule has 2 aromatic rings. The lowest BCUT2D eigenvalue weighted by Gasteiger charge is -2.13. The first kappa shape index (κ1) is 13.5. The van der Waals surface area contributed by atoms with Gasteiger partial charge in [-0.1, -0.05) is 28.1 Å². The lowest BCUT2D eigenvalue weighted by atomic mass is 10.1. The van der Waals surface area contributed by atoms with Crippen LogP contribution in [-0.4, -0.2) is 13.6 Å². The van der Waals surface area contributed by atoms with Gasteiger partial charge in [-0.3, -0.25) is 0 Å². The molecule has 0 fully saturated rings. The quantitative estimate of drug-likeness (QED) is 0.899. The van der Waals surface area contributed by atoms with E-state index < -0.39 is 0 Å². The minimum Gasteiger partial charge on any atom is -0.381 e. The van der Waals surface area contributed by atoms with Crippen LogP contribution in [0.3, 0.4) is 0 Å². The van der Waals surface area contributed by atoms with E-state index in [2.05, 4.69) is 76.5 Å². The molecule has 0 atom stereocenters. The highest BCUT2D eigenvalue weighted by Gasteiger charge is 2.15. The Morgan fingerprint density at radius 1 is 1.20 bits per heavy atom. The van der Waals surface area contributed by atoms with E-state index in [1.165, 1.54) is 22.4 Å². The molecule has 2 aromatic carbocycles. The maximum absolute atomic E-state index is 3.54. The molecule has 1 heterocycles. The fourth-order valence-corrected chi connectivity index (χ4v) is 3.38. The van der Waals surface area contributed by atoms with Crippen LogP contribution in [0.1, 0.15) is 16.7 Å². The van der Waals surface area contributed by atoms with E-state index in [0.717, 1.165) is 29.7 Å². The minimum atomic E-state index is 0.868. The van der Waals surface area contributed by atoms with Gasteiger partial charge in [0.1, 0.15) is 0 Å². The molecule has 3 heteroatoms. The molecule has 0 aromatic heterocycles. The fraction of sp³-hybridized carbons (Fsp3) is 0.294. The van der Waals surface area contributed by atoms with Gasteiger partial charge < -0.3 is 10.2 Å². The number of rotatable bonds is 3. The Bertz CT molecular complexity index is 617. The summed E-state index contributed by atoms with van der Waals surface area (Å²) in [7, 11) is 2.16. The number of halogens is 1. The summed E-state index contributed by atoms with van der Waals surface area (Å²) in [5.41, 5.74) is 6.62. The van der Waals surface area contributed by atoms with Gasteiger partial charge in [-0.2, -0.15) is 0 Å². The van der Waals surface area contributed by atoms with Crippen molar-refractivity contribution in [3.63, 3.8) is 0 Å². The fourth-order valence-electron chi connectivity index (χ4n) is 2.77. The Balaban J connectivity index is 1.72. The molecule has 3 rings (SSSR count). The number of anilines is 2. The molecule has 104 valence electrons. The van der Waals surface area contributed by atoms with Crippen LogP contribution in [0.5, 0.6) is 0 Å². The van der Waals surface area contributed by atoms with Crippen LogP contribution in [0.25, 0.3) is 0 Å². The highest BCUT2D eigenvalue weighted by molar-refractivity contribution is 9.10. The molecule has 0 spiro atoms. The van der Waals surface area contributed by atoms with Crippen molar-refractivity contribution in [3.8, 4) is 0 Å². The minimum absolute atomic E-state index is 0.868. The van der Waals surface area contributed by atoms with Crippen molar-refractivity contribution >= 4 is 27.3 Å². The Morgan fingerprint density at radius 3 is 2.85 bits per heavy atom. The number of fused-ring (bicyclic) bond motifs is 1. The van der Waals surface area contributed by atoms with E-state index in [1.54, 1.807) is 0 Å². The van der Waals surface area contributed by atoms with E-state index in [1.807, 2.05) is 0 Å². The molecule has 1 aliphatic rings. The summed E-state index contributed by atoms with van der Waals surface area (Å²) < 4.78 is 1.12. The van der Waals surface area contributed by atoms with Crippen LogP contribution in [0, 0.1) is 6.92 Å². The van der Waals surface area contributed by atoms with Crippen molar-refractivity contribution in [1.82, 2.24) is 0 Å². The van der Waals surface area contributed by atoms with E-state index in [-0.39, 0.29) is 0 Å². The van der Waals surface area contributed by atoms with Crippen molar-refractivity contribution in [1.29, 1.82) is 0 Å². The third-order valence-electron chi connectivity index (χ3n) is 3.81. The Labute approximate surface area is 128 Å². The van der Waals surface area contributed by atoms with Gasteiger partial charge in [0.15, 0.2) is 0 Å². The zero-order valence-electron chi connectivity index (χ0n) is 11.9. The van der Waals surface area contributed by atoms with Gasteiger partial charge >= 0.3 is 0 Å². The largest absolute Gasteiger partial charge is 0.381 e. The molecule has 0 saturated carbocycles. The maximum atomic E-state index is 3.54. The number of likely N-dealkylation sites (N-methyl/N-ethyl adjacent to an activating group) is 1. The number of nitrogens with one attached hydrogen (secondary N) is 1. The molecule has 2 nitrogen and oxygen atoms in total. The number of hydrogen-bond acceptors (Lipinski definition) is 2. The van der Waals surface area contributed by atoms with Crippen LogP contribution >= 0.6 is 15.9 Å². The molecular weight excluding hydrogens is 312 g/mol. The third kappa shape index (κ3) is 2.83. The first-order chi connectivity index (χ1) is 9.61. The molecule has 0 radical (unpaired) electrons. The van der Waals surface area contributed by atoms with Crippen molar-refractivity contribution < 1.29 is 0 Å². The lowest BCUT2D eigenvalue weighted by Crippen LogP contribution is -2.12. The standard InChI is InChI=1S/C17H19BrN2/c1-12-7-15(18)10-16(8-12)19-11-13-3-4-17-14(9-13)5-6-20(17)2/h3-4,7-10,19H,5-6,11H2,1-2H3. The van der Waals surface area contributed by atoms with Gasteiger partial charge in [0, 0.05) is 36.0 Å². The molecule has 20 heavy (non-hydrogen) atoms. The van der Waals surface area contributed by atoms with Crippen LogP contribution in [0.2, 0.25) is 0 Å². The maximum Gasteiger partial charge on any atom is 0.0400 e. The highest BCUT2D eigenvalue weighted by atomic mass is 79.9. The van der Waals surface area contributed by atoms with E-state index >= 15 is 0 Å². The molecule has 0 amide bonds. The number of hydrogen-bond donors (Lipinski definition) is 1. The van der Waals surface area contributed by atoms with Crippen LogP contribution in [0.4, 0.5) is 11.4 Å². The molecule has 1 N–H and O–H groups in total. The van der Waals surface area contributed by atoms with Gasteiger partial charge in [0.2, 0.25) is 0 Å². The molecule has 0 unspecified atom stereocenters. The van der Waals surface area contributed by atoms with Crippen molar-refractivity contribution in [2.75, 3.05) is 23.8 Å². The summed E-state index contributed by atoms with van der Waals surface area (Å²) >= 11 is 3.54. The predicted molar refractivity (Wildman–Crippen MR) is 89.6 cm³/mol. The van der Waals surface area contributed by atoms with Gasteiger partial charge in [-0.25, -0.2) is 0 Å². The second kappa shape index (κ2) is 5.49. The Morgan fingerprint density at radius 2 is 2.05 bits per heavy atom. The zero-order valence-corrected chi connectivity index (χ0v) is 13.5. The first-order valence-corrected chi connectivity index (χ1v) is 7.75. The number of benzene rings is 2. The summed E-state index contributed by atoms with van der Waals surface area (Å²) in [4.78, 5) is 2.32. The van der Waals surface area contributed by atoms with Gasteiger partial charge in [0.25, 0.3) is 0 Å². The van der Waals surface area contributed by atoms with E-state index in [0.29, 0.717) is 0 Å². The number of nitrogens with zero attached hydrogens (tertiary/aromatic N) is 1. The van der Waals surface area contributed by atoms with E-state index in [4.69, 9.17) is 0 Å². The van der Waals surface area contributed by atoms with Crippen LogP contribution in [0.15, 0.2) is 40.9 Å². The number of aryl methyl sites for hydroxylation is 1. The first-order valence-electron chi connectivity index (χ1n) is 6.96. The highest BCUT2D eigenvalue weighted by Crippen LogP contribution is 2.27. The van der Waals surface area contributed by atoms with Crippen molar-refractivity contribution in [2.45, 2.75) is 19.9 Å². The molecule has 0 saturated heterocycles. The third-order valence-corrected chi connectivity index (χ3v) is 4.27. The van der Waals surface area contributed by atoms with E-state index in [9.17, 15) is 0 Å². The van der Waals surface area contributed by atoms with Crippen molar-refractivity contribution in [3.05, 3.63) is 57.6 Å². The van der Waals surface area contributed by atoms with Crippen LogP contribution < -0.4 is 10.2 Å². The second-order valence-corrected chi connectivity index (χ2v) is 6.42. The summed E-state index contributed by atoms with van der Waals surface area (Å²) in [5.74, 6) is 0. The zero-order chi connectivity index (χ0) is 14.1. The Kier molecular flexibility index (Phi) is 3.70. The van der Waals surface area contributed by atoms with Gasteiger partial charge in [-0.15, -0.1) is 0 Å². The summed E-state index contributed by atoms with van der Waals surface area (Å²) in [6, 6.07) is 13.2. The summed E-state index contributed by atoms with van der Waals surface area (Å²) in [6.45, 7) is 4.12. The smallest absolute Gasteiger partial charge is 0.0400 e. The molecule has 1 aliphatic heterocycles. The Hall–Kier alpha value is -1.48. The van der Waals surface area contributed by atoms with Gasteiger partial charge in [0.05, 0.1) is 0 Å². The molecule has 0 aliphatic carbocycles. The topological polar surface area (TPSA) is 15.3 Å². The monoisotopic (exact) mass is 330 g/mol. The normalized spacial score (nSPS) is 13.4. The summed E-state index contributed by atoms with van der Waals surface area (Å²) in [5, 5.41) is 3.50. The average Bonchev–Trinajstić information content (AvgIpc) is 2.77. The average molecular weight is 331 g/mol. The van der Waals surface area contributed by atoms with Crippen LogP contribution in [-0.2, 0) is 13.0 Å². The SMILES string of the molecule is Cc1cc(Br)cc(NCc2ccc3c(c2)CCN3C)c1. The second-order valence-electron chi connectivity index (χ2n) is 5.51. The molecule has 0 bridgehead atoms. The lowest BCUT2D eigenvalue weighted by molar-refractivity contribution is 0.955. The summed E-state index contributed by atoms with van der Waals surface area (Å²) in [6.07, 6.45) is 1.16.